The number of hydrogen-bond donors (Lipinski definition) is 0. The van der Waals surface area contributed by atoms with Gasteiger partial charge in [0.15, 0.2) is 17.6 Å². The van der Waals surface area contributed by atoms with Gasteiger partial charge in [-0.2, -0.15) is 0 Å². The molecule has 0 amide bonds. The van der Waals surface area contributed by atoms with Crippen LogP contribution in [0.3, 0.4) is 0 Å². The molecule has 2 rings (SSSR count). The van der Waals surface area contributed by atoms with Gasteiger partial charge in [0.05, 0.1) is 6.61 Å². The monoisotopic (exact) mass is 377 g/mol. The van der Waals surface area contributed by atoms with Crippen LogP contribution < -0.4 is 9.47 Å². The molecule has 1 aromatic rings. The van der Waals surface area contributed by atoms with Crippen molar-refractivity contribution in [3.05, 3.63) is 24.3 Å². The molecule has 0 saturated heterocycles. The third kappa shape index (κ3) is 8.98. The van der Waals surface area contributed by atoms with Crippen molar-refractivity contribution < 1.29 is 14.2 Å². The summed E-state index contributed by atoms with van der Waals surface area (Å²) in [5.41, 5.74) is 0. The normalized spacial score (nSPS) is 16.0. The summed E-state index contributed by atoms with van der Waals surface area (Å²) in [6, 6.07) is 7.82. The van der Waals surface area contributed by atoms with Crippen LogP contribution in [0.2, 0.25) is 0 Å². The summed E-state index contributed by atoms with van der Waals surface area (Å²) < 4.78 is 17.4. The zero-order valence-corrected chi connectivity index (χ0v) is 17.5. The molecular formula is C23H39NO3. The molecule has 1 heterocycles. The van der Waals surface area contributed by atoms with Crippen molar-refractivity contribution in [2.75, 3.05) is 39.5 Å². The molecule has 1 unspecified atom stereocenters. The van der Waals surface area contributed by atoms with Crippen LogP contribution in [0.15, 0.2) is 24.3 Å². The molecule has 1 aliphatic heterocycles. The molecule has 4 heteroatoms. The maximum absolute atomic E-state index is 5.90. The lowest BCUT2D eigenvalue weighted by molar-refractivity contribution is 0.00778. The van der Waals surface area contributed by atoms with E-state index >= 15 is 0 Å². The molecule has 1 aromatic carbocycles. The fourth-order valence-corrected chi connectivity index (χ4v) is 3.50. The molecule has 4 nitrogen and oxygen atoms in total. The van der Waals surface area contributed by atoms with Gasteiger partial charge >= 0.3 is 0 Å². The summed E-state index contributed by atoms with van der Waals surface area (Å²) in [4.78, 5) is 2.52. The number of unbranched alkanes of at least 4 members (excludes halogenated alkanes) is 7. The number of ether oxygens (including phenoxy) is 3. The van der Waals surface area contributed by atoms with Crippen LogP contribution in [-0.4, -0.2) is 50.5 Å². The van der Waals surface area contributed by atoms with Gasteiger partial charge in [0.2, 0.25) is 0 Å². The highest BCUT2D eigenvalue weighted by atomic mass is 16.6. The number of fused-ring (bicyclic) bond motifs is 1. The Balaban J connectivity index is 1.35. The quantitative estimate of drug-likeness (QED) is 0.388. The van der Waals surface area contributed by atoms with E-state index < -0.39 is 0 Å². The predicted molar refractivity (Wildman–Crippen MR) is 112 cm³/mol. The Hall–Kier alpha value is -1.26. The zero-order valence-electron chi connectivity index (χ0n) is 17.5. The second-order valence-electron chi connectivity index (χ2n) is 7.43. The molecule has 0 bridgehead atoms. The third-order valence-corrected chi connectivity index (χ3v) is 5.28. The average molecular weight is 378 g/mol. The maximum Gasteiger partial charge on any atom is 0.161 e. The van der Waals surface area contributed by atoms with Crippen LogP contribution in [0.5, 0.6) is 11.5 Å². The van der Waals surface area contributed by atoms with E-state index in [1.807, 2.05) is 24.3 Å². The van der Waals surface area contributed by atoms with E-state index in [4.69, 9.17) is 14.2 Å². The van der Waals surface area contributed by atoms with E-state index in [0.717, 1.165) is 24.5 Å². The van der Waals surface area contributed by atoms with E-state index in [0.29, 0.717) is 13.2 Å². The van der Waals surface area contributed by atoms with Crippen molar-refractivity contribution in [3.8, 4) is 11.5 Å². The Bertz CT molecular complexity index is 490. The van der Waals surface area contributed by atoms with Crippen molar-refractivity contribution in [2.45, 2.75) is 71.3 Å². The summed E-state index contributed by atoms with van der Waals surface area (Å²) in [7, 11) is 0. The van der Waals surface area contributed by atoms with Crippen molar-refractivity contribution in [1.29, 1.82) is 0 Å². The van der Waals surface area contributed by atoms with E-state index in [9.17, 15) is 0 Å². The second kappa shape index (κ2) is 13.8. The highest BCUT2D eigenvalue weighted by Crippen LogP contribution is 2.30. The number of para-hydroxylation sites is 2. The van der Waals surface area contributed by atoms with Crippen molar-refractivity contribution in [2.24, 2.45) is 0 Å². The van der Waals surface area contributed by atoms with Crippen LogP contribution in [0.25, 0.3) is 0 Å². The van der Waals surface area contributed by atoms with E-state index in [1.54, 1.807) is 0 Å². The lowest BCUT2D eigenvalue weighted by atomic mass is 10.1. The van der Waals surface area contributed by atoms with Crippen molar-refractivity contribution in [3.63, 3.8) is 0 Å². The first-order chi connectivity index (χ1) is 13.3. The first-order valence-corrected chi connectivity index (χ1v) is 11.0. The first-order valence-electron chi connectivity index (χ1n) is 11.0. The van der Waals surface area contributed by atoms with Crippen LogP contribution in [0.4, 0.5) is 0 Å². The number of hydrogen-bond acceptors (Lipinski definition) is 4. The largest absolute Gasteiger partial charge is 0.486 e. The maximum atomic E-state index is 5.90. The summed E-state index contributed by atoms with van der Waals surface area (Å²) in [5, 5.41) is 0. The highest BCUT2D eigenvalue weighted by molar-refractivity contribution is 5.40. The Morgan fingerprint density at radius 1 is 0.889 bits per heavy atom. The minimum atomic E-state index is 0.0104. The average Bonchev–Trinajstić information content (AvgIpc) is 2.71. The molecule has 0 radical (unpaired) electrons. The molecule has 0 aliphatic carbocycles. The third-order valence-electron chi connectivity index (χ3n) is 5.28. The lowest BCUT2D eigenvalue weighted by Crippen LogP contribution is -2.33. The van der Waals surface area contributed by atoms with Crippen LogP contribution >= 0.6 is 0 Å². The van der Waals surface area contributed by atoms with Crippen LogP contribution in [-0.2, 0) is 4.74 Å². The van der Waals surface area contributed by atoms with Gasteiger partial charge in [-0.15, -0.1) is 0 Å². The van der Waals surface area contributed by atoms with Gasteiger partial charge in [-0.3, -0.25) is 0 Å². The van der Waals surface area contributed by atoms with Gasteiger partial charge in [-0.25, -0.2) is 0 Å². The van der Waals surface area contributed by atoms with E-state index in [-0.39, 0.29) is 6.10 Å². The Labute approximate surface area is 166 Å². The smallest absolute Gasteiger partial charge is 0.161 e. The Morgan fingerprint density at radius 2 is 1.52 bits per heavy atom. The highest BCUT2D eigenvalue weighted by Gasteiger charge is 2.20. The summed E-state index contributed by atoms with van der Waals surface area (Å²) in [5.74, 6) is 1.66. The molecular weight excluding hydrogens is 338 g/mol. The molecule has 0 aromatic heterocycles. The SMILES string of the molecule is CCN(CC)CCCCCCCCCCOCC1COc2ccccc2O1. The molecule has 154 valence electrons. The zero-order chi connectivity index (χ0) is 19.2. The molecule has 0 saturated carbocycles. The van der Waals surface area contributed by atoms with Crippen molar-refractivity contribution in [1.82, 2.24) is 4.90 Å². The lowest BCUT2D eigenvalue weighted by Gasteiger charge is -2.26. The van der Waals surface area contributed by atoms with E-state index in [2.05, 4.69) is 18.7 Å². The van der Waals surface area contributed by atoms with E-state index in [1.165, 1.54) is 64.6 Å². The molecule has 1 atom stereocenters. The van der Waals surface area contributed by atoms with Gasteiger partial charge in [-0.1, -0.05) is 64.5 Å². The first kappa shape index (κ1) is 22.0. The molecule has 0 spiro atoms. The number of rotatable bonds is 15. The molecule has 1 aliphatic rings. The van der Waals surface area contributed by atoms with Gasteiger partial charge in [-0.05, 0) is 44.6 Å². The molecule has 27 heavy (non-hydrogen) atoms. The topological polar surface area (TPSA) is 30.9 Å². The fourth-order valence-electron chi connectivity index (χ4n) is 3.50. The standard InChI is InChI=1S/C23H39NO3/c1-3-24(4-2)17-13-9-7-5-6-8-10-14-18-25-19-21-20-26-22-15-11-12-16-23(22)27-21/h11-12,15-16,21H,3-10,13-14,17-20H2,1-2H3. The summed E-state index contributed by atoms with van der Waals surface area (Å²) >= 11 is 0. The minimum Gasteiger partial charge on any atom is -0.486 e. The Morgan fingerprint density at radius 3 is 2.22 bits per heavy atom. The van der Waals surface area contributed by atoms with Crippen LogP contribution in [0.1, 0.15) is 65.2 Å². The second-order valence-corrected chi connectivity index (χ2v) is 7.43. The molecule has 0 N–H and O–H groups in total. The summed E-state index contributed by atoms with van der Waals surface area (Å²) in [6.07, 6.45) is 10.6. The van der Waals surface area contributed by atoms with Gasteiger partial charge in [0, 0.05) is 6.61 Å². The van der Waals surface area contributed by atoms with Crippen LogP contribution in [0, 0.1) is 0 Å². The number of nitrogens with zero attached hydrogens (tertiary/aromatic N) is 1. The minimum absolute atomic E-state index is 0.0104. The summed E-state index contributed by atoms with van der Waals surface area (Å²) in [6.45, 7) is 10.2. The molecule has 0 fully saturated rings. The Kier molecular flexibility index (Phi) is 11.3. The number of benzene rings is 1. The van der Waals surface area contributed by atoms with Gasteiger partial charge < -0.3 is 19.1 Å². The predicted octanol–water partition coefficient (Wildman–Crippen LogP) is 5.31. The van der Waals surface area contributed by atoms with Gasteiger partial charge in [0.25, 0.3) is 0 Å². The van der Waals surface area contributed by atoms with Gasteiger partial charge in [0.1, 0.15) is 6.61 Å². The fraction of sp³-hybridized carbons (Fsp3) is 0.739. The van der Waals surface area contributed by atoms with Crippen molar-refractivity contribution >= 4 is 0 Å².